The van der Waals surface area contributed by atoms with Gasteiger partial charge in [0.25, 0.3) is 5.91 Å². The highest BCUT2D eigenvalue weighted by atomic mass is 19.4. The molecule has 6 heteroatoms. The van der Waals surface area contributed by atoms with Gasteiger partial charge in [0, 0.05) is 5.69 Å². The van der Waals surface area contributed by atoms with Crippen molar-refractivity contribution in [2.45, 2.75) is 26.1 Å². The van der Waals surface area contributed by atoms with Crippen LogP contribution in [0.15, 0.2) is 48.5 Å². The number of hydrogen-bond donors (Lipinski definition) is 1. The van der Waals surface area contributed by atoms with Crippen LogP contribution in [0.2, 0.25) is 0 Å². The van der Waals surface area contributed by atoms with E-state index < -0.39 is 23.8 Å². The molecule has 0 unspecified atom stereocenters. The van der Waals surface area contributed by atoms with E-state index in [1.165, 1.54) is 19.1 Å². The topological polar surface area (TPSA) is 38.3 Å². The second-order valence-corrected chi connectivity index (χ2v) is 5.14. The third kappa shape index (κ3) is 4.74. The molecular formula is C17H16F3NO2. The lowest BCUT2D eigenvalue weighted by Crippen LogP contribution is -2.30. The molecule has 0 saturated heterocycles. The smallest absolute Gasteiger partial charge is 0.416 e. The van der Waals surface area contributed by atoms with E-state index in [0.29, 0.717) is 5.75 Å². The van der Waals surface area contributed by atoms with Crippen molar-refractivity contribution in [3.05, 3.63) is 59.7 Å². The van der Waals surface area contributed by atoms with Gasteiger partial charge in [-0.3, -0.25) is 4.79 Å². The van der Waals surface area contributed by atoms with Gasteiger partial charge in [-0.15, -0.1) is 0 Å². The molecular weight excluding hydrogens is 307 g/mol. The number of anilines is 1. The van der Waals surface area contributed by atoms with Gasteiger partial charge in [-0.25, -0.2) is 0 Å². The fraction of sp³-hybridized carbons (Fsp3) is 0.235. The van der Waals surface area contributed by atoms with E-state index in [9.17, 15) is 18.0 Å². The van der Waals surface area contributed by atoms with Crippen molar-refractivity contribution in [2.75, 3.05) is 5.32 Å². The van der Waals surface area contributed by atoms with Gasteiger partial charge in [0.2, 0.25) is 0 Å². The molecule has 0 aliphatic carbocycles. The molecule has 1 N–H and O–H groups in total. The quantitative estimate of drug-likeness (QED) is 0.904. The van der Waals surface area contributed by atoms with Gasteiger partial charge in [0.05, 0.1) is 5.56 Å². The van der Waals surface area contributed by atoms with Crippen molar-refractivity contribution < 1.29 is 22.7 Å². The summed E-state index contributed by atoms with van der Waals surface area (Å²) in [4.78, 5) is 12.0. The number of amides is 1. The van der Waals surface area contributed by atoms with Gasteiger partial charge in [0.15, 0.2) is 6.10 Å². The Morgan fingerprint density at radius 1 is 1.13 bits per heavy atom. The number of nitrogens with one attached hydrogen (secondary N) is 1. The maximum absolute atomic E-state index is 12.6. The fourth-order valence-electron chi connectivity index (χ4n) is 1.89. The molecule has 0 radical (unpaired) electrons. The van der Waals surface area contributed by atoms with Crippen LogP contribution in [0.1, 0.15) is 18.1 Å². The number of carbonyl (C=O) groups excluding carboxylic acids is 1. The standard InChI is InChI=1S/C17H16F3NO2/c1-11-6-8-15(9-7-11)23-12(2)16(22)21-14-5-3-4-13(10-14)17(18,19)20/h3-10,12H,1-2H3,(H,21,22)/t12-/m1/s1. The fourth-order valence-corrected chi connectivity index (χ4v) is 1.89. The van der Waals surface area contributed by atoms with Crippen molar-refractivity contribution in [3.8, 4) is 5.75 Å². The maximum atomic E-state index is 12.6. The largest absolute Gasteiger partial charge is 0.481 e. The minimum Gasteiger partial charge on any atom is -0.481 e. The number of rotatable bonds is 4. The molecule has 2 aromatic carbocycles. The molecule has 0 saturated carbocycles. The molecule has 23 heavy (non-hydrogen) atoms. The highest BCUT2D eigenvalue weighted by Gasteiger charge is 2.30. The molecule has 0 spiro atoms. The SMILES string of the molecule is Cc1ccc(O[C@H](C)C(=O)Nc2cccc(C(F)(F)F)c2)cc1. The lowest BCUT2D eigenvalue weighted by molar-refractivity contribution is -0.137. The monoisotopic (exact) mass is 323 g/mol. The van der Waals surface area contributed by atoms with Crippen LogP contribution in [0.3, 0.4) is 0 Å². The highest BCUT2D eigenvalue weighted by molar-refractivity contribution is 5.94. The molecule has 122 valence electrons. The minimum absolute atomic E-state index is 0.0733. The molecule has 0 aliphatic rings. The highest BCUT2D eigenvalue weighted by Crippen LogP contribution is 2.30. The Morgan fingerprint density at radius 2 is 1.78 bits per heavy atom. The summed E-state index contributed by atoms with van der Waals surface area (Å²) in [6.07, 6.45) is -5.29. The summed E-state index contributed by atoms with van der Waals surface area (Å²) in [5.74, 6) is -0.00723. The predicted octanol–water partition coefficient (Wildman–Crippen LogP) is 4.42. The molecule has 0 heterocycles. The average Bonchev–Trinajstić information content (AvgIpc) is 2.49. The van der Waals surface area contributed by atoms with Crippen LogP contribution in [-0.4, -0.2) is 12.0 Å². The summed E-state index contributed by atoms with van der Waals surface area (Å²) in [5, 5.41) is 2.42. The van der Waals surface area contributed by atoms with Crippen LogP contribution >= 0.6 is 0 Å². The summed E-state index contributed by atoms with van der Waals surface area (Å²) >= 11 is 0. The zero-order chi connectivity index (χ0) is 17.0. The third-order valence-corrected chi connectivity index (χ3v) is 3.16. The number of hydrogen-bond acceptors (Lipinski definition) is 2. The van der Waals surface area contributed by atoms with Crippen LogP contribution in [0.4, 0.5) is 18.9 Å². The molecule has 0 bridgehead atoms. The Labute approximate surface area is 132 Å². The number of alkyl halides is 3. The number of aryl methyl sites for hydroxylation is 1. The van der Waals surface area contributed by atoms with Crippen molar-refractivity contribution in [2.24, 2.45) is 0 Å². The predicted molar refractivity (Wildman–Crippen MR) is 81.3 cm³/mol. The Balaban J connectivity index is 2.02. The van der Waals surface area contributed by atoms with E-state index in [1.54, 1.807) is 12.1 Å². The number of carbonyl (C=O) groups is 1. The van der Waals surface area contributed by atoms with Gasteiger partial charge in [0.1, 0.15) is 5.75 Å². The molecule has 0 fully saturated rings. The first-order valence-corrected chi connectivity index (χ1v) is 6.97. The van der Waals surface area contributed by atoms with Crippen molar-refractivity contribution in [1.82, 2.24) is 0 Å². The lowest BCUT2D eigenvalue weighted by Gasteiger charge is -2.15. The lowest BCUT2D eigenvalue weighted by atomic mass is 10.2. The van der Waals surface area contributed by atoms with Crippen LogP contribution < -0.4 is 10.1 Å². The summed E-state index contributed by atoms with van der Waals surface area (Å²) < 4.78 is 43.4. The van der Waals surface area contributed by atoms with E-state index in [2.05, 4.69) is 5.32 Å². The molecule has 1 amide bonds. The molecule has 2 aromatic rings. The van der Waals surface area contributed by atoms with Crippen LogP contribution in [0.25, 0.3) is 0 Å². The Hall–Kier alpha value is -2.50. The van der Waals surface area contributed by atoms with Gasteiger partial charge in [-0.1, -0.05) is 23.8 Å². The van der Waals surface area contributed by atoms with E-state index >= 15 is 0 Å². The second-order valence-electron chi connectivity index (χ2n) is 5.14. The molecule has 2 rings (SSSR count). The number of halogens is 3. The molecule has 3 nitrogen and oxygen atoms in total. The zero-order valence-electron chi connectivity index (χ0n) is 12.6. The minimum atomic E-state index is -4.45. The van der Waals surface area contributed by atoms with E-state index in [1.807, 2.05) is 19.1 Å². The van der Waals surface area contributed by atoms with Gasteiger partial charge in [-0.2, -0.15) is 13.2 Å². The average molecular weight is 323 g/mol. The van der Waals surface area contributed by atoms with E-state index in [0.717, 1.165) is 17.7 Å². The Morgan fingerprint density at radius 3 is 2.39 bits per heavy atom. The number of ether oxygens (including phenoxy) is 1. The summed E-state index contributed by atoms with van der Waals surface area (Å²) in [6, 6.07) is 11.6. The normalized spacial score (nSPS) is 12.6. The first-order chi connectivity index (χ1) is 10.8. The maximum Gasteiger partial charge on any atom is 0.416 e. The second kappa shape index (κ2) is 6.73. The molecule has 1 atom stereocenters. The van der Waals surface area contributed by atoms with Crippen LogP contribution in [0, 0.1) is 6.92 Å². The van der Waals surface area contributed by atoms with Gasteiger partial charge >= 0.3 is 6.18 Å². The first-order valence-electron chi connectivity index (χ1n) is 6.97. The van der Waals surface area contributed by atoms with Crippen molar-refractivity contribution in [1.29, 1.82) is 0 Å². The number of benzene rings is 2. The summed E-state index contributed by atoms with van der Waals surface area (Å²) in [7, 11) is 0. The first kappa shape index (κ1) is 16.9. The van der Waals surface area contributed by atoms with E-state index in [4.69, 9.17) is 4.74 Å². The van der Waals surface area contributed by atoms with Gasteiger partial charge in [-0.05, 0) is 44.2 Å². The molecule has 0 aliphatic heterocycles. The zero-order valence-corrected chi connectivity index (χ0v) is 12.6. The van der Waals surface area contributed by atoms with Crippen LogP contribution in [0.5, 0.6) is 5.75 Å². The summed E-state index contributed by atoms with van der Waals surface area (Å²) in [6.45, 7) is 3.45. The molecule has 0 aromatic heterocycles. The van der Waals surface area contributed by atoms with Crippen LogP contribution in [-0.2, 0) is 11.0 Å². The summed E-state index contributed by atoms with van der Waals surface area (Å²) in [5.41, 5.74) is 0.310. The van der Waals surface area contributed by atoms with Crippen molar-refractivity contribution >= 4 is 11.6 Å². The van der Waals surface area contributed by atoms with E-state index in [-0.39, 0.29) is 5.69 Å². The third-order valence-electron chi connectivity index (χ3n) is 3.16. The van der Waals surface area contributed by atoms with Crippen molar-refractivity contribution in [3.63, 3.8) is 0 Å². The Bertz CT molecular complexity index is 681. The van der Waals surface area contributed by atoms with Gasteiger partial charge < -0.3 is 10.1 Å². The Kier molecular flexibility index (Phi) is 4.93.